The predicted molar refractivity (Wildman–Crippen MR) is 52.1 cm³/mol. The number of nitrogens with zero attached hydrogens (tertiary/aromatic N) is 1. The van der Waals surface area contributed by atoms with Gasteiger partial charge in [-0.15, -0.1) is 24.0 Å². The Morgan fingerprint density at radius 1 is 1.56 bits per heavy atom. The molecule has 0 saturated carbocycles. The number of rotatable bonds is 0. The molecule has 0 unspecified atom stereocenters. The van der Waals surface area contributed by atoms with Crippen LogP contribution < -0.4 is 0 Å². The van der Waals surface area contributed by atoms with Gasteiger partial charge in [-0.3, -0.25) is 0 Å². The highest BCUT2D eigenvalue weighted by Crippen LogP contribution is 2.09. The van der Waals surface area contributed by atoms with Crippen molar-refractivity contribution in [1.82, 2.24) is 4.98 Å². The zero-order valence-electron chi connectivity index (χ0n) is 4.97. The molecule has 0 bridgehead atoms. The van der Waals surface area contributed by atoms with Crippen LogP contribution in [0, 0.1) is 6.92 Å². The summed E-state index contributed by atoms with van der Waals surface area (Å²) in [5.41, 5.74) is 1.17. The standard InChI is InChI=1S/C6H6BrN.HI/c1-5-3-2-4-8-6(5)7;/h2-4H,1H3;1H. The van der Waals surface area contributed by atoms with Crippen LogP contribution in [0.15, 0.2) is 22.9 Å². The minimum atomic E-state index is 0. The molecule has 3 heteroatoms. The first-order valence-corrected chi connectivity index (χ1v) is 3.17. The lowest BCUT2D eigenvalue weighted by Crippen LogP contribution is -1.76. The first kappa shape index (κ1) is 9.36. The van der Waals surface area contributed by atoms with Crippen LogP contribution in [-0.4, -0.2) is 4.98 Å². The molecule has 0 fully saturated rings. The average Bonchev–Trinajstić information content (AvgIpc) is 1.77. The molecule has 1 aromatic heterocycles. The summed E-state index contributed by atoms with van der Waals surface area (Å²) in [6, 6.07) is 3.93. The number of hydrogen-bond donors (Lipinski definition) is 0. The van der Waals surface area contributed by atoms with Gasteiger partial charge in [0.1, 0.15) is 4.60 Å². The molecule has 1 nitrogen and oxygen atoms in total. The summed E-state index contributed by atoms with van der Waals surface area (Å²) in [7, 11) is 0. The van der Waals surface area contributed by atoms with Crippen LogP contribution in [0.1, 0.15) is 5.56 Å². The Hall–Kier alpha value is 0.360. The van der Waals surface area contributed by atoms with Gasteiger partial charge < -0.3 is 0 Å². The fourth-order valence-corrected chi connectivity index (χ4v) is 0.717. The van der Waals surface area contributed by atoms with E-state index in [9.17, 15) is 0 Å². The Morgan fingerprint density at radius 2 is 2.22 bits per heavy atom. The Labute approximate surface area is 80.0 Å². The maximum atomic E-state index is 4.00. The molecule has 0 aliphatic heterocycles. The third-order valence-electron chi connectivity index (χ3n) is 0.946. The van der Waals surface area contributed by atoms with E-state index >= 15 is 0 Å². The quantitative estimate of drug-likeness (QED) is 0.530. The molecule has 50 valence electrons. The topological polar surface area (TPSA) is 12.9 Å². The Bertz CT molecular complexity index is 169. The molecule has 1 aromatic rings. The molecule has 0 aliphatic carbocycles. The summed E-state index contributed by atoms with van der Waals surface area (Å²) in [6.45, 7) is 2.01. The first-order chi connectivity index (χ1) is 3.80. The third-order valence-corrected chi connectivity index (χ3v) is 1.78. The van der Waals surface area contributed by atoms with E-state index in [0.29, 0.717) is 0 Å². The molecule has 0 saturated heterocycles. The van der Waals surface area contributed by atoms with Crippen LogP contribution >= 0.6 is 39.9 Å². The molecule has 0 amide bonds. The largest absolute Gasteiger partial charge is 0.249 e. The monoisotopic (exact) mass is 299 g/mol. The van der Waals surface area contributed by atoms with Gasteiger partial charge >= 0.3 is 0 Å². The van der Waals surface area contributed by atoms with Gasteiger partial charge in [0.2, 0.25) is 0 Å². The molecule has 0 radical (unpaired) electrons. The molecule has 0 N–H and O–H groups in total. The Balaban J connectivity index is 0.000000640. The van der Waals surface area contributed by atoms with Gasteiger partial charge in [-0.2, -0.15) is 0 Å². The molecule has 9 heavy (non-hydrogen) atoms. The smallest absolute Gasteiger partial charge is 0.108 e. The van der Waals surface area contributed by atoms with Crippen molar-refractivity contribution in [2.75, 3.05) is 0 Å². The van der Waals surface area contributed by atoms with Gasteiger partial charge in [-0.1, -0.05) is 6.07 Å². The normalized spacial score (nSPS) is 8.22. The number of pyridine rings is 1. The van der Waals surface area contributed by atoms with E-state index in [4.69, 9.17) is 0 Å². The number of aryl methyl sites for hydroxylation is 1. The lowest BCUT2D eigenvalue weighted by atomic mass is 10.3. The summed E-state index contributed by atoms with van der Waals surface area (Å²) >= 11 is 3.28. The zero-order valence-corrected chi connectivity index (χ0v) is 8.88. The van der Waals surface area contributed by atoms with Crippen molar-refractivity contribution in [2.24, 2.45) is 0 Å². The van der Waals surface area contributed by atoms with Crippen LogP contribution in [0.2, 0.25) is 0 Å². The molecule has 0 aliphatic rings. The first-order valence-electron chi connectivity index (χ1n) is 2.38. The van der Waals surface area contributed by atoms with Crippen LogP contribution in [0.4, 0.5) is 0 Å². The number of hydrogen-bond acceptors (Lipinski definition) is 1. The van der Waals surface area contributed by atoms with E-state index in [1.54, 1.807) is 6.20 Å². The maximum absolute atomic E-state index is 4.00. The molecule has 1 rings (SSSR count). The van der Waals surface area contributed by atoms with E-state index < -0.39 is 0 Å². The SMILES string of the molecule is Cc1cccnc1Br.I. The van der Waals surface area contributed by atoms with Crippen molar-refractivity contribution < 1.29 is 0 Å². The van der Waals surface area contributed by atoms with Gasteiger partial charge in [-0.25, -0.2) is 4.98 Å². The number of aromatic nitrogens is 1. The zero-order chi connectivity index (χ0) is 5.98. The van der Waals surface area contributed by atoms with E-state index in [2.05, 4.69) is 20.9 Å². The average molecular weight is 300 g/mol. The lowest BCUT2D eigenvalue weighted by Gasteiger charge is -1.90. The van der Waals surface area contributed by atoms with Crippen molar-refractivity contribution >= 4 is 39.9 Å². The second-order valence-corrected chi connectivity index (χ2v) is 2.36. The van der Waals surface area contributed by atoms with Gasteiger partial charge in [0.25, 0.3) is 0 Å². The molecule has 0 atom stereocenters. The molecular weight excluding hydrogens is 293 g/mol. The minimum Gasteiger partial charge on any atom is -0.249 e. The number of halogens is 2. The van der Waals surface area contributed by atoms with Crippen molar-refractivity contribution in [1.29, 1.82) is 0 Å². The van der Waals surface area contributed by atoms with Gasteiger partial charge in [-0.05, 0) is 34.5 Å². The van der Waals surface area contributed by atoms with Crippen molar-refractivity contribution in [3.63, 3.8) is 0 Å². The predicted octanol–water partition coefficient (Wildman–Crippen LogP) is 2.77. The Morgan fingerprint density at radius 3 is 2.56 bits per heavy atom. The van der Waals surface area contributed by atoms with E-state index in [1.807, 2.05) is 19.1 Å². The van der Waals surface area contributed by atoms with Crippen molar-refractivity contribution in [2.45, 2.75) is 6.92 Å². The fourth-order valence-electron chi connectivity index (χ4n) is 0.466. The fraction of sp³-hybridized carbons (Fsp3) is 0.167. The van der Waals surface area contributed by atoms with Crippen LogP contribution in [-0.2, 0) is 0 Å². The van der Waals surface area contributed by atoms with Crippen LogP contribution in [0.5, 0.6) is 0 Å². The molecule has 1 heterocycles. The second-order valence-electron chi connectivity index (χ2n) is 1.61. The second kappa shape index (κ2) is 4.22. The summed E-state index contributed by atoms with van der Waals surface area (Å²) in [6.07, 6.45) is 1.76. The van der Waals surface area contributed by atoms with Crippen molar-refractivity contribution in [3.05, 3.63) is 28.5 Å². The third kappa shape index (κ3) is 2.62. The van der Waals surface area contributed by atoms with Crippen molar-refractivity contribution in [3.8, 4) is 0 Å². The maximum Gasteiger partial charge on any atom is 0.108 e. The summed E-state index contributed by atoms with van der Waals surface area (Å²) in [4.78, 5) is 4.00. The minimum absolute atomic E-state index is 0. The summed E-state index contributed by atoms with van der Waals surface area (Å²) in [5, 5.41) is 0. The summed E-state index contributed by atoms with van der Waals surface area (Å²) < 4.78 is 0.931. The lowest BCUT2D eigenvalue weighted by molar-refractivity contribution is 1.22. The van der Waals surface area contributed by atoms with Gasteiger partial charge in [0.05, 0.1) is 0 Å². The van der Waals surface area contributed by atoms with Crippen LogP contribution in [0.3, 0.4) is 0 Å². The highest BCUT2D eigenvalue weighted by Gasteiger charge is 1.87. The molecule has 0 spiro atoms. The van der Waals surface area contributed by atoms with Gasteiger partial charge in [0.15, 0.2) is 0 Å². The van der Waals surface area contributed by atoms with E-state index in [1.165, 1.54) is 5.56 Å². The van der Waals surface area contributed by atoms with E-state index in [-0.39, 0.29) is 24.0 Å². The Kier molecular flexibility index (Phi) is 4.39. The summed E-state index contributed by atoms with van der Waals surface area (Å²) in [5.74, 6) is 0. The highest BCUT2D eigenvalue weighted by molar-refractivity contribution is 14.0. The van der Waals surface area contributed by atoms with Gasteiger partial charge in [0, 0.05) is 6.20 Å². The highest BCUT2D eigenvalue weighted by atomic mass is 127. The molecule has 0 aromatic carbocycles. The van der Waals surface area contributed by atoms with E-state index in [0.717, 1.165) is 4.60 Å². The molecular formula is C6H7BrIN. The van der Waals surface area contributed by atoms with Crippen LogP contribution in [0.25, 0.3) is 0 Å².